The van der Waals surface area contributed by atoms with Crippen molar-refractivity contribution in [1.29, 1.82) is 0 Å². The molecule has 2 N–H and O–H groups in total. The molecular weight excluding hydrogens is 906 g/mol. The number of rotatable bonds is 8. The number of piperidine rings is 1. The van der Waals surface area contributed by atoms with E-state index in [4.69, 9.17) is 28.2 Å². The largest absolute Gasteiger partial charge is 0.460 e. The third kappa shape index (κ3) is 16.2. The number of esters is 1. The van der Waals surface area contributed by atoms with Crippen molar-refractivity contribution in [2.75, 3.05) is 41.2 Å². The Morgan fingerprint density at radius 3 is 2.22 bits per heavy atom. The van der Waals surface area contributed by atoms with E-state index in [1.54, 1.807) is 54.4 Å². The van der Waals surface area contributed by atoms with Gasteiger partial charge < -0.3 is 43.3 Å². The Bertz CT molecular complexity index is 1940. The molecule has 0 radical (unpaired) electrons. The minimum absolute atomic E-state index is 0.0117. The second-order valence-corrected chi connectivity index (χ2v) is 23.6. The first-order valence-corrected chi connectivity index (χ1v) is 27.7. The Morgan fingerprint density at radius 2 is 1.57 bits per heavy atom. The molecule has 3 heterocycles. The number of ketones is 3. The molecule has 15 nitrogen and oxygen atoms in total. The standard InChI is InChI=1S/C53H84NO14P/c1-32-18-14-13-15-19-33(2)44(63-8)30-40-23-21-38(7)53(61,67-40)50(58)51(59)54-25-17-16-20-41(54)52(60)66-45(35(4)28-39-22-24-43(46(29-39)64-9)68-69(11,12)62)31-42(55)34(3)27-37(6)48(57)49(65-10)47(56)36(5)26-32/h13-15,18-19,27,32,34-36,38-41,43-46,48-49,57,61H,16-17,20-26,28-31H2,1-12H3/b15-13+,18-14+,33-19+,37-27+/t32-,34-,35-,36-,38-,39+,40+,41?,43-,44+,45+,46-,48-,49+,53?/m1/s1. The first-order chi connectivity index (χ1) is 32.4. The third-order valence-electron chi connectivity index (χ3n) is 14.8. The van der Waals surface area contributed by atoms with Gasteiger partial charge in [-0.1, -0.05) is 71.1 Å². The van der Waals surface area contributed by atoms with Crippen LogP contribution in [0.4, 0.5) is 0 Å². The van der Waals surface area contributed by atoms with Crippen LogP contribution in [0, 0.1) is 35.5 Å². The number of hydrogen-bond donors (Lipinski definition) is 2. The van der Waals surface area contributed by atoms with Crippen LogP contribution in [0.25, 0.3) is 0 Å². The Kier molecular flexibility index (Phi) is 22.5. The predicted molar refractivity (Wildman–Crippen MR) is 263 cm³/mol. The van der Waals surface area contributed by atoms with Gasteiger partial charge in [-0.3, -0.25) is 23.7 Å². The van der Waals surface area contributed by atoms with Crippen molar-refractivity contribution in [2.45, 2.75) is 180 Å². The van der Waals surface area contributed by atoms with Crippen LogP contribution in [0.1, 0.15) is 126 Å². The fourth-order valence-corrected chi connectivity index (χ4v) is 11.4. The molecule has 1 aliphatic carbocycles. The fraction of sp³-hybridized carbons (Fsp3) is 0.755. The second-order valence-electron chi connectivity index (χ2n) is 20.9. The molecule has 0 aromatic carbocycles. The van der Waals surface area contributed by atoms with Gasteiger partial charge >= 0.3 is 5.97 Å². The molecule has 2 saturated heterocycles. The normalized spacial score (nSPS) is 39.0. The second kappa shape index (κ2) is 26.5. The van der Waals surface area contributed by atoms with Crippen molar-refractivity contribution in [3.05, 3.63) is 47.6 Å². The van der Waals surface area contributed by atoms with Gasteiger partial charge in [-0.15, -0.1) is 0 Å². The monoisotopic (exact) mass is 990 g/mol. The summed E-state index contributed by atoms with van der Waals surface area (Å²) >= 11 is 0. The molecule has 0 aromatic heterocycles. The van der Waals surface area contributed by atoms with Gasteiger partial charge in [0.15, 0.2) is 13.2 Å². The van der Waals surface area contributed by atoms with E-state index in [9.17, 15) is 38.8 Å². The van der Waals surface area contributed by atoms with Crippen LogP contribution in [0.3, 0.4) is 0 Å². The van der Waals surface area contributed by atoms with E-state index in [0.717, 1.165) is 12.0 Å². The molecule has 15 atom stereocenters. The topological polar surface area (TPSA) is 201 Å². The molecule has 0 spiro atoms. The number of aliphatic hydroxyl groups is 2. The molecule has 16 heteroatoms. The summed E-state index contributed by atoms with van der Waals surface area (Å²) in [5.74, 6) is -8.11. The van der Waals surface area contributed by atoms with Crippen LogP contribution in [0.2, 0.25) is 0 Å². The maximum absolute atomic E-state index is 14.5. The minimum Gasteiger partial charge on any atom is -0.460 e. The molecule has 2 bridgehead atoms. The highest BCUT2D eigenvalue weighted by molar-refractivity contribution is 7.57. The number of allylic oxidation sites excluding steroid dienone is 6. The SMILES string of the molecule is CO[C@H]1C[C@@H]2CC[C@@H](C)C(O)(O2)C(=O)C(=O)N2CCCCC2C(=O)O[C@H]([C@H](C)C[C@@H]2CC[C@@H](OP(C)(C)=O)[C@H](OC)C2)CC(=O)[C@H](C)/C=C(\C)[C@@H](O)[C@@H](OC)C(=O)[C@H](C)C[C@H](C)/C=C/C=C/C=C/1C. The van der Waals surface area contributed by atoms with Crippen LogP contribution in [0.5, 0.6) is 0 Å². The highest BCUT2D eigenvalue weighted by Crippen LogP contribution is 2.45. The number of hydrogen-bond acceptors (Lipinski definition) is 14. The van der Waals surface area contributed by atoms with E-state index in [1.807, 2.05) is 58.1 Å². The van der Waals surface area contributed by atoms with Crippen LogP contribution in [-0.4, -0.2) is 140 Å². The van der Waals surface area contributed by atoms with Crippen molar-refractivity contribution < 1.29 is 67.0 Å². The summed E-state index contributed by atoms with van der Waals surface area (Å²) in [6.07, 6.45) is 11.4. The van der Waals surface area contributed by atoms with E-state index >= 15 is 0 Å². The fourth-order valence-electron chi connectivity index (χ4n) is 10.5. The summed E-state index contributed by atoms with van der Waals surface area (Å²) in [6.45, 7) is 15.9. The van der Waals surface area contributed by atoms with Gasteiger partial charge in [-0.05, 0) is 107 Å². The molecule has 4 aliphatic rings. The predicted octanol–water partition coefficient (Wildman–Crippen LogP) is 7.74. The summed E-state index contributed by atoms with van der Waals surface area (Å²) < 4.78 is 48.2. The Balaban J connectivity index is 1.70. The molecule has 2 unspecified atom stereocenters. The summed E-state index contributed by atoms with van der Waals surface area (Å²) in [6, 6.07) is -1.16. The zero-order valence-corrected chi connectivity index (χ0v) is 44.3. The van der Waals surface area contributed by atoms with E-state index in [0.29, 0.717) is 63.4 Å². The van der Waals surface area contributed by atoms with Crippen molar-refractivity contribution >= 4 is 36.6 Å². The number of carbonyl (C=O) groups is 5. The van der Waals surface area contributed by atoms with E-state index < -0.39 is 85.1 Å². The lowest BCUT2D eigenvalue weighted by Crippen LogP contribution is -2.61. The van der Waals surface area contributed by atoms with E-state index in [2.05, 4.69) is 0 Å². The van der Waals surface area contributed by atoms with Crippen molar-refractivity contribution in [1.82, 2.24) is 4.90 Å². The molecule has 1 amide bonds. The van der Waals surface area contributed by atoms with Gasteiger partial charge in [0, 0.05) is 71.8 Å². The number of Topliss-reactive ketones (excluding diaryl/α,β-unsaturated/α-hetero) is 3. The van der Waals surface area contributed by atoms with Gasteiger partial charge in [0.2, 0.25) is 5.79 Å². The lowest BCUT2D eigenvalue weighted by Gasteiger charge is -2.42. The number of nitrogens with zero attached hydrogens (tertiary/aromatic N) is 1. The smallest absolute Gasteiger partial charge is 0.329 e. The highest BCUT2D eigenvalue weighted by Gasteiger charge is 2.53. The van der Waals surface area contributed by atoms with Gasteiger partial charge in [-0.25, -0.2) is 4.79 Å². The molecular formula is C53H84NO14P. The third-order valence-corrected chi connectivity index (χ3v) is 15.6. The number of fused-ring (bicyclic) bond motifs is 3. The number of aliphatic hydroxyl groups excluding tert-OH is 1. The molecule has 3 fully saturated rings. The molecule has 390 valence electrons. The first-order valence-electron chi connectivity index (χ1n) is 25.2. The van der Waals surface area contributed by atoms with Gasteiger partial charge in [0.1, 0.15) is 30.1 Å². The first kappa shape index (κ1) is 58.4. The Morgan fingerprint density at radius 1 is 0.855 bits per heavy atom. The van der Waals surface area contributed by atoms with Gasteiger partial charge in [-0.2, -0.15) is 0 Å². The number of cyclic esters (lactones) is 1. The van der Waals surface area contributed by atoms with E-state index in [-0.39, 0.29) is 60.9 Å². The molecule has 69 heavy (non-hydrogen) atoms. The summed E-state index contributed by atoms with van der Waals surface area (Å²) in [5, 5.41) is 23.5. The maximum Gasteiger partial charge on any atom is 0.329 e. The molecule has 3 aliphatic heterocycles. The van der Waals surface area contributed by atoms with Crippen molar-refractivity contribution in [3.63, 3.8) is 0 Å². The molecule has 1 saturated carbocycles. The van der Waals surface area contributed by atoms with Crippen LogP contribution in [0.15, 0.2) is 47.6 Å². The zero-order valence-electron chi connectivity index (χ0n) is 43.4. The average molecular weight is 990 g/mol. The van der Waals surface area contributed by atoms with Crippen molar-refractivity contribution in [3.8, 4) is 0 Å². The van der Waals surface area contributed by atoms with Crippen molar-refractivity contribution in [2.24, 2.45) is 35.5 Å². The lowest BCUT2D eigenvalue weighted by atomic mass is 9.78. The van der Waals surface area contributed by atoms with Crippen LogP contribution >= 0.6 is 7.37 Å². The molecule has 4 rings (SSSR count). The number of ether oxygens (including phenoxy) is 5. The lowest BCUT2D eigenvalue weighted by molar-refractivity contribution is -0.265. The quantitative estimate of drug-likeness (QED) is 0.104. The average Bonchev–Trinajstić information content (AvgIpc) is 3.30. The van der Waals surface area contributed by atoms with E-state index in [1.165, 1.54) is 12.0 Å². The summed E-state index contributed by atoms with van der Waals surface area (Å²) in [7, 11) is 1.76. The van der Waals surface area contributed by atoms with Gasteiger partial charge in [0.05, 0.1) is 24.4 Å². The number of methoxy groups -OCH3 is 3. The summed E-state index contributed by atoms with van der Waals surface area (Å²) in [5.41, 5.74) is 1.25. The van der Waals surface area contributed by atoms with Gasteiger partial charge in [0.25, 0.3) is 11.7 Å². The maximum atomic E-state index is 14.5. The highest BCUT2D eigenvalue weighted by atomic mass is 31.2. The Labute approximate surface area is 411 Å². The number of amides is 1. The van der Waals surface area contributed by atoms with Crippen LogP contribution in [-0.2, 0) is 56.7 Å². The Hall–Kier alpha value is -3.14. The zero-order chi connectivity index (χ0) is 51.4. The minimum atomic E-state index is -2.79. The molecule has 0 aromatic rings. The number of carbonyl (C=O) groups excluding carboxylic acids is 5. The van der Waals surface area contributed by atoms with Crippen LogP contribution < -0.4 is 0 Å². The summed E-state index contributed by atoms with van der Waals surface area (Å²) in [4.78, 5) is 72.2.